The summed E-state index contributed by atoms with van der Waals surface area (Å²) in [6.45, 7) is 4.69. The molecule has 0 bridgehead atoms. The molecule has 0 spiro atoms. The van der Waals surface area contributed by atoms with Crippen LogP contribution in [0.1, 0.15) is 32.3 Å². The number of nitrogens with zero attached hydrogens (tertiary/aromatic N) is 1. The van der Waals surface area contributed by atoms with Crippen LogP contribution in [-0.4, -0.2) is 45.2 Å². The van der Waals surface area contributed by atoms with Crippen molar-refractivity contribution in [3.63, 3.8) is 0 Å². The number of benzene rings is 2. The second-order valence-corrected chi connectivity index (χ2v) is 10.2. The molecule has 2 atom stereocenters. The molecule has 0 saturated carbocycles. The van der Waals surface area contributed by atoms with E-state index in [0.29, 0.717) is 25.9 Å². The lowest BCUT2D eigenvalue weighted by Crippen LogP contribution is -2.53. The molecule has 3 rings (SSSR count). The summed E-state index contributed by atoms with van der Waals surface area (Å²) in [7, 11) is -3.25. The smallest absolute Gasteiger partial charge is 0.231 e. The summed E-state index contributed by atoms with van der Waals surface area (Å²) >= 11 is 0. The van der Waals surface area contributed by atoms with Crippen molar-refractivity contribution in [1.82, 2.24) is 10.6 Å². The van der Waals surface area contributed by atoms with Gasteiger partial charge in [-0.25, -0.2) is 8.42 Å². The van der Waals surface area contributed by atoms with Crippen molar-refractivity contribution in [3.05, 3.63) is 60.2 Å². The predicted molar refractivity (Wildman–Crippen MR) is 125 cm³/mol. The van der Waals surface area contributed by atoms with Crippen LogP contribution in [0, 0.1) is 5.92 Å². The van der Waals surface area contributed by atoms with Crippen LogP contribution in [0.5, 0.6) is 0 Å². The van der Waals surface area contributed by atoms with E-state index in [0.717, 1.165) is 11.3 Å². The van der Waals surface area contributed by atoms with Crippen LogP contribution in [0.3, 0.4) is 0 Å². The monoisotopic (exact) mass is 457 g/mol. The summed E-state index contributed by atoms with van der Waals surface area (Å²) in [6, 6.07) is 16.1. The summed E-state index contributed by atoms with van der Waals surface area (Å²) in [5.41, 5.74) is 1.65. The molecule has 2 aromatic carbocycles. The molecule has 1 saturated heterocycles. The van der Waals surface area contributed by atoms with Gasteiger partial charge in [0, 0.05) is 18.8 Å². The maximum atomic E-state index is 13.0. The van der Waals surface area contributed by atoms with Crippen molar-refractivity contribution in [2.24, 2.45) is 5.92 Å². The van der Waals surface area contributed by atoms with Crippen LogP contribution in [-0.2, 0) is 25.8 Å². The van der Waals surface area contributed by atoms with E-state index in [1.54, 1.807) is 36.1 Å². The van der Waals surface area contributed by atoms with Crippen LogP contribution >= 0.6 is 0 Å². The second kappa shape index (κ2) is 10.7. The Labute approximate surface area is 190 Å². The van der Waals surface area contributed by atoms with E-state index in [-0.39, 0.29) is 41.0 Å². The van der Waals surface area contributed by atoms with Gasteiger partial charge in [-0.15, -0.1) is 0 Å². The quantitative estimate of drug-likeness (QED) is 0.635. The van der Waals surface area contributed by atoms with Crippen LogP contribution < -0.4 is 15.5 Å². The number of hydrogen-bond donors (Lipinski definition) is 2. The summed E-state index contributed by atoms with van der Waals surface area (Å²) < 4.78 is 23.8. The normalized spacial score (nSPS) is 18.7. The van der Waals surface area contributed by atoms with Gasteiger partial charge in [-0.3, -0.25) is 14.9 Å². The Morgan fingerprint density at radius 3 is 2.28 bits per heavy atom. The second-order valence-electron chi connectivity index (χ2n) is 7.94. The van der Waals surface area contributed by atoms with Gasteiger partial charge in [-0.05, 0) is 49.6 Å². The molecular formula is C24H31N3O4S. The molecule has 2 N–H and O–H groups in total. The maximum absolute atomic E-state index is 13.0. The van der Waals surface area contributed by atoms with Gasteiger partial charge in [0.2, 0.25) is 11.8 Å². The average molecular weight is 458 g/mol. The van der Waals surface area contributed by atoms with Gasteiger partial charge in [0.05, 0.1) is 29.2 Å². The molecule has 0 aliphatic carbocycles. The zero-order valence-electron chi connectivity index (χ0n) is 18.6. The van der Waals surface area contributed by atoms with Gasteiger partial charge in [0.1, 0.15) is 0 Å². The average Bonchev–Trinajstić information content (AvgIpc) is 2.81. The minimum Gasteiger partial charge on any atom is -0.340 e. The largest absolute Gasteiger partial charge is 0.340 e. The number of nitrogens with one attached hydrogen (secondary N) is 2. The number of rotatable bonds is 8. The standard InChI is InChI=1S/C24H31N3O4S/c1-3-27(20-8-6-5-7-9-20)24(29)19-12-15-22(25-17-19)26-23(28)16-18-10-13-21(14-11-18)32(30,31)4-2/h5-11,13-14,19,22,25H,3-4,12,15-17H2,1-2H3,(H,26,28). The van der Waals surface area contributed by atoms with E-state index in [2.05, 4.69) is 10.6 Å². The van der Waals surface area contributed by atoms with Crippen LogP contribution in [0.25, 0.3) is 0 Å². The molecule has 2 aromatic rings. The minimum absolute atomic E-state index is 0.0467. The van der Waals surface area contributed by atoms with Crippen molar-refractivity contribution < 1.29 is 18.0 Å². The highest BCUT2D eigenvalue weighted by atomic mass is 32.2. The van der Waals surface area contributed by atoms with E-state index in [1.807, 2.05) is 37.3 Å². The number of anilines is 1. The van der Waals surface area contributed by atoms with Gasteiger partial charge in [-0.1, -0.05) is 37.3 Å². The summed E-state index contributed by atoms with van der Waals surface area (Å²) in [4.78, 5) is 27.5. The molecule has 8 heteroatoms. The fourth-order valence-corrected chi connectivity index (χ4v) is 4.78. The first-order chi connectivity index (χ1) is 15.3. The Hall–Kier alpha value is -2.71. The lowest BCUT2D eigenvalue weighted by molar-refractivity contribution is -0.123. The first kappa shape index (κ1) is 23.9. The van der Waals surface area contributed by atoms with Gasteiger partial charge in [0.15, 0.2) is 9.84 Å². The fourth-order valence-electron chi connectivity index (χ4n) is 3.90. The van der Waals surface area contributed by atoms with E-state index < -0.39 is 9.84 Å². The topological polar surface area (TPSA) is 95.6 Å². The molecular weight excluding hydrogens is 426 g/mol. The lowest BCUT2D eigenvalue weighted by Gasteiger charge is -2.33. The lowest BCUT2D eigenvalue weighted by atomic mass is 9.95. The van der Waals surface area contributed by atoms with Crippen molar-refractivity contribution in [3.8, 4) is 0 Å². The Morgan fingerprint density at radius 2 is 1.72 bits per heavy atom. The van der Waals surface area contributed by atoms with Crippen molar-refractivity contribution in [1.29, 1.82) is 0 Å². The van der Waals surface area contributed by atoms with Crippen LogP contribution in [0.4, 0.5) is 5.69 Å². The zero-order chi connectivity index (χ0) is 23.1. The third-order valence-corrected chi connectivity index (χ3v) is 7.53. The molecule has 2 unspecified atom stereocenters. The van der Waals surface area contributed by atoms with Gasteiger partial charge in [-0.2, -0.15) is 0 Å². The highest BCUT2D eigenvalue weighted by Crippen LogP contribution is 2.21. The zero-order valence-corrected chi connectivity index (χ0v) is 19.4. The SMILES string of the molecule is CCN(C(=O)C1CCC(NC(=O)Cc2ccc(S(=O)(=O)CC)cc2)NC1)c1ccccc1. The van der Waals surface area contributed by atoms with Gasteiger partial charge >= 0.3 is 0 Å². The molecule has 0 radical (unpaired) electrons. The Bertz CT molecular complexity index is 1010. The van der Waals surface area contributed by atoms with Crippen molar-refractivity contribution in [2.75, 3.05) is 23.7 Å². The Morgan fingerprint density at radius 1 is 1.03 bits per heavy atom. The molecule has 1 fully saturated rings. The highest BCUT2D eigenvalue weighted by Gasteiger charge is 2.29. The van der Waals surface area contributed by atoms with Gasteiger partial charge in [0.25, 0.3) is 0 Å². The van der Waals surface area contributed by atoms with Gasteiger partial charge < -0.3 is 10.2 Å². The molecule has 172 valence electrons. The number of amides is 2. The predicted octanol–water partition coefficient (Wildman–Crippen LogP) is 2.52. The molecule has 2 amide bonds. The summed E-state index contributed by atoms with van der Waals surface area (Å²) in [5.74, 6) is -0.127. The molecule has 1 aliphatic heterocycles. The molecule has 0 aromatic heterocycles. The summed E-state index contributed by atoms with van der Waals surface area (Å²) in [5, 5.41) is 6.24. The van der Waals surface area contributed by atoms with E-state index in [1.165, 1.54) is 0 Å². The van der Waals surface area contributed by atoms with E-state index in [4.69, 9.17) is 0 Å². The minimum atomic E-state index is -3.25. The van der Waals surface area contributed by atoms with Crippen molar-refractivity contribution in [2.45, 2.75) is 44.2 Å². The van der Waals surface area contributed by atoms with Crippen LogP contribution in [0.2, 0.25) is 0 Å². The number of sulfone groups is 1. The van der Waals surface area contributed by atoms with E-state index in [9.17, 15) is 18.0 Å². The third kappa shape index (κ3) is 5.95. The molecule has 32 heavy (non-hydrogen) atoms. The highest BCUT2D eigenvalue weighted by molar-refractivity contribution is 7.91. The van der Waals surface area contributed by atoms with Crippen LogP contribution in [0.15, 0.2) is 59.5 Å². The summed E-state index contributed by atoms with van der Waals surface area (Å²) in [6.07, 6.45) is 1.36. The molecule has 1 heterocycles. The number of carbonyl (C=O) groups is 2. The Kier molecular flexibility index (Phi) is 8.04. The molecule has 7 nitrogen and oxygen atoms in total. The number of piperidine rings is 1. The van der Waals surface area contributed by atoms with Crippen molar-refractivity contribution >= 4 is 27.3 Å². The first-order valence-electron chi connectivity index (χ1n) is 11.0. The van der Waals surface area contributed by atoms with E-state index >= 15 is 0 Å². The fraction of sp³-hybridized carbons (Fsp3) is 0.417. The first-order valence-corrected chi connectivity index (χ1v) is 12.7. The number of hydrogen-bond acceptors (Lipinski definition) is 5. The number of carbonyl (C=O) groups excluding carboxylic acids is 2. The Balaban J connectivity index is 1.49. The molecule has 1 aliphatic rings. The third-order valence-electron chi connectivity index (χ3n) is 5.78. The number of para-hydroxylation sites is 1. The maximum Gasteiger partial charge on any atom is 0.231 e.